The molecule has 1 atom stereocenters. The number of carbonyl (C=O) groups is 1. The van der Waals surface area contributed by atoms with E-state index in [0.29, 0.717) is 12.0 Å². The third-order valence-electron chi connectivity index (χ3n) is 1.92. The maximum Gasteiger partial charge on any atom is 0.338 e. The van der Waals surface area contributed by atoms with Crippen LogP contribution in [-0.2, 0) is 4.74 Å². The van der Waals surface area contributed by atoms with Crippen molar-refractivity contribution in [3.63, 3.8) is 0 Å². The SMILES string of the molecule is C=CC[C@@H](CO)OC(=O)c1ccccc1. The van der Waals surface area contributed by atoms with Crippen LogP contribution in [0.25, 0.3) is 0 Å². The van der Waals surface area contributed by atoms with E-state index in [1.807, 2.05) is 6.07 Å². The number of aliphatic hydroxyl groups excluding tert-OH is 1. The van der Waals surface area contributed by atoms with Gasteiger partial charge in [0.25, 0.3) is 0 Å². The molecule has 15 heavy (non-hydrogen) atoms. The molecule has 1 aromatic rings. The first-order chi connectivity index (χ1) is 7.27. The van der Waals surface area contributed by atoms with Crippen molar-refractivity contribution in [2.75, 3.05) is 6.61 Å². The Labute approximate surface area is 89.0 Å². The number of rotatable bonds is 5. The molecule has 0 aromatic heterocycles. The van der Waals surface area contributed by atoms with Gasteiger partial charge in [0.15, 0.2) is 0 Å². The molecule has 0 spiro atoms. The molecule has 3 heteroatoms. The van der Waals surface area contributed by atoms with Crippen LogP contribution in [0.15, 0.2) is 43.0 Å². The fourth-order valence-corrected chi connectivity index (χ4v) is 1.14. The number of benzene rings is 1. The first kappa shape index (κ1) is 11.5. The van der Waals surface area contributed by atoms with Gasteiger partial charge in [-0.05, 0) is 12.1 Å². The predicted molar refractivity (Wildman–Crippen MR) is 57.5 cm³/mol. The largest absolute Gasteiger partial charge is 0.456 e. The molecule has 0 bridgehead atoms. The molecule has 0 aliphatic rings. The summed E-state index contributed by atoms with van der Waals surface area (Å²) in [5.41, 5.74) is 0.486. The van der Waals surface area contributed by atoms with Gasteiger partial charge in [0.1, 0.15) is 6.10 Å². The second-order valence-electron chi connectivity index (χ2n) is 3.10. The van der Waals surface area contributed by atoms with Gasteiger partial charge in [-0.15, -0.1) is 6.58 Å². The van der Waals surface area contributed by atoms with Gasteiger partial charge in [-0.25, -0.2) is 4.79 Å². The maximum absolute atomic E-state index is 11.5. The van der Waals surface area contributed by atoms with Crippen LogP contribution < -0.4 is 0 Å². The molecule has 1 aromatic carbocycles. The minimum absolute atomic E-state index is 0.190. The molecule has 3 nitrogen and oxygen atoms in total. The smallest absolute Gasteiger partial charge is 0.338 e. The summed E-state index contributed by atoms with van der Waals surface area (Å²) in [6, 6.07) is 8.69. The van der Waals surface area contributed by atoms with Gasteiger partial charge in [0.2, 0.25) is 0 Å². The lowest BCUT2D eigenvalue weighted by molar-refractivity contribution is 0.0150. The fraction of sp³-hybridized carbons (Fsp3) is 0.250. The van der Waals surface area contributed by atoms with Gasteiger partial charge >= 0.3 is 5.97 Å². The number of hydrogen-bond donors (Lipinski definition) is 1. The second-order valence-corrected chi connectivity index (χ2v) is 3.10. The van der Waals surface area contributed by atoms with E-state index in [4.69, 9.17) is 9.84 Å². The van der Waals surface area contributed by atoms with Gasteiger partial charge in [0.05, 0.1) is 12.2 Å². The normalized spacial score (nSPS) is 11.8. The van der Waals surface area contributed by atoms with E-state index in [1.165, 1.54) is 0 Å². The molecule has 0 saturated carbocycles. The molecule has 1 rings (SSSR count). The van der Waals surface area contributed by atoms with Crippen molar-refractivity contribution in [1.82, 2.24) is 0 Å². The number of hydrogen-bond acceptors (Lipinski definition) is 3. The average Bonchev–Trinajstić information content (AvgIpc) is 2.29. The monoisotopic (exact) mass is 206 g/mol. The summed E-state index contributed by atoms with van der Waals surface area (Å²) in [6.07, 6.45) is 1.56. The topological polar surface area (TPSA) is 46.5 Å². The second kappa shape index (κ2) is 5.98. The zero-order valence-corrected chi connectivity index (χ0v) is 8.43. The van der Waals surface area contributed by atoms with E-state index >= 15 is 0 Å². The first-order valence-electron chi connectivity index (χ1n) is 4.75. The van der Waals surface area contributed by atoms with Crippen molar-refractivity contribution in [1.29, 1.82) is 0 Å². The van der Waals surface area contributed by atoms with Gasteiger partial charge in [-0.1, -0.05) is 24.3 Å². The Bertz CT molecular complexity index is 319. The van der Waals surface area contributed by atoms with Crippen molar-refractivity contribution in [3.05, 3.63) is 48.6 Å². The third-order valence-corrected chi connectivity index (χ3v) is 1.92. The van der Waals surface area contributed by atoms with Crippen LogP contribution >= 0.6 is 0 Å². The molecular weight excluding hydrogens is 192 g/mol. The number of carbonyl (C=O) groups excluding carboxylic acids is 1. The standard InChI is InChI=1S/C12H14O3/c1-2-6-11(9-13)15-12(14)10-7-4-3-5-8-10/h2-5,7-8,11,13H,1,6,9H2/t11-/m0/s1. The third kappa shape index (κ3) is 3.56. The molecule has 0 aliphatic carbocycles. The summed E-state index contributed by atoms with van der Waals surface area (Å²) >= 11 is 0. The molecule has 0 saturated heterocycles. The van der Waals surface area contributed by atoms with Crippen molar-refractivity contribution in [3.8, 4) is 0 Å². The fourth-order valence-electron chi connectivity index (χ4n) is 1.14. The van der Waals surface area contributed by atoms with Crippen LogP contribution in [0.3, 0.4) is 0 Å². The van der Waals surface area contributed by atoms with Gasteiger partial charge in [-0.2, -0.15) is 0 Å². The van der Waals surface area contributed by atoms with E-state index in [-0.39, 0.29) is 6.61 Å². The summed E-state index contributed by atoms with van der Waals surface area (Å²) in [7, 11) is 0. The highest BCUT2D eigenvalue weighted by atomic mass is 16.6. The lowest BCUT2D eigenvalue weighted by atomic mass is 10.2. The molecule has 0 fully saturated rings. The minimum Gasteiger partial charge on any atom is -0.456 e. The Morgan fingerprint density at radius 2 is 2.13 bits per heavy atom. The van der Waals surface area contributed by atoms with Gasteiger partial charge < -0.3 is 9.84 Å². The Balaban J connectivity index is 2.58. The van der Waals surface area contributed by atoms with Crippen molar-refractivity contribution in [2.24, 2.45) is 0 Å². The molecule has 1 N–H and O–H groups in total. The molecule has 80 valence electrons. The van der Waals surface area contributed by atoms with E-state index in [9.17, 15) is 4.79 Å². The van der Waals surface area contributed by atoms with Crippen LogP contribution in [-0.4, -0.2) is 23.8 Å². The number of ether oxygens (including phenoxy) is 1. The van der Waals surface area contributed by atoms with E-state index < -0.39 is 12.1 Å². The number of aliphatic hydroxyl groups is 1. The highest BCUT2D eigenvalue weighted by Gasteiger charge is 2.13. The summed E-state index contributed by atoms with van der Waals surface area (Å²) in [5, 5.41) is 8.93. The average molecular weight is 206 g/mol. The molecule has 0 heterocycles. The van der Waals surface area contributed by atoms with Gasteiger partial charge in [-0.3, -0.25) is 0 Å². The highest BCUT2D eigenvalue weighted by Crippen LogP contribution is 2.06. The zero-order valence-electron chi connectivity index (χ0n) is 8.43. The lowest BCUT2D eigenvalue weighted by Gasteiger charge is -2.13. The molecule has 0 aliphatic heterocycles. The Morgan fingerprint density at radius 1 is 1.47 bits per heavy atom. The predicted octanol–water partition coefficient (Wildman–Crippen LogP) is 1.78. The van der Waals surface area contributed by atoms with Crippen molar-refractivity contribution >= 4 is 5.97 Å². The Morgan fingerprint density at radius 3 is 2.67 bits per heavy atom. The van der Waals surface area contributed by atoms with Crippen molar-refractivity contribution < 1.29 is 14.6 Å². The quantitative estimate of drug-likeness (QED) is 0.590. The zero-order chi connectivity index (χ0) is 11.1. The van der Waals surface area contributed by atoms with Crippen LogP contribution in [0.2, 0.25) is 0 Å². The summed E-state index contributed by atoms with van der Waals surface area (Å²) < 4.78 is 5.07. The molecule has 0 amide bonds. The van der Waals surface area contributed by atoms with Crippen LogP contribution in [0.1, 0.15) is 16.8 Å². The van der Waals surface area contributed by atoms with Crippen molar-refractivity contribution in [2.45, 2.75) is 12.5 Å². The molecule has 0 radical (unpaired) electrons. The Hall–Kier alpha value is -1.61. The minimum atomic E-state index is -0.504. The molecule has 0 unspecified atom stereocenters. The summed E-state index contributed by atoms with van der Waals surface area (Å²) in [4.78, 5) is 11.5. The van der Waals surface area contributed by atoms with Crippen LogP contribution in [0.5, 0.6) is 0 Å². The van der Waals surface area contributed by atoms with Gasteiger partial charge in [0, 0.05) is 6.42 Å². The lowest BCUT2D eigenvalue weighted by Crippen LogP contribution is -2.21. The van der Waals surface area contributed by atoms with E-state index in [0.717, 1.165) is 0 Å². The highest BCUT2D eigenvalue weighted by molar-refractivity contribution is 5.89. The first-order valence-corrected chi connectivity index (χ1v) is 4.75. The van der Waals surface area contributed by atoms with E-state index in [1.54, 1.807) is 30.3 Å². The number of esters is 1. The maximum atomic E-state index is 11.5. The summed E-state index contributed by atoms with van der Waals surface area (Å²) in [5.74, 6) is -0.420. The van der Waals surface area contributed by atoms with E-state index in [2.05, 4.69) is 6.58 Å². The van der Waals surface area contributed by atoms with Crippen LogP contribution in [0, 0.1) is 0 Å². The summed E-state index contributed by atoms with van der Waals surface area (Å²) in [6.45, 7) is 3.34. The van der Waals surface area contributed by atoms with Crippen LogP contribution in [0.4, 0.5) is 0 Å². The Kier molecular flexibility index (Phi) is 4.57. The molecular formula is C12H14O3.